The van der Waals surface area contributed by atoms with Crippen LogP contribution in [0.3, 0.4) is 0 Å². The Morgan fingerprint density at radius 3 is 2.44 bits per heavy atom. The van der Waals surface area contributed by atoms with Crippen molar-refractivity contribution in [2.24, 2.45) is 0 Å². The number of nitrogens with zero attached hydrogens (tertiary/aromatic N) is 3. The third-order valence-electron chi connectivity index (χ3n) is 4.18. The smallest absolute Gasteiger partial charge is 0.283 e. The van der Waals surface area contributed by atoms with Crippen LogP contribution in [0.1, 0.15) is 5.56 Å². The molecular weight excluding hydrogens is 340 g/mol. The van der Waals surface area contributed by atoms with Crippen LogP contribution >= 0.6 is 11.6 Å². The van der Waals surface area contributed by atoms with E-state index in [1.807, 2.05) is 48.5 Å². The lowest BCUT2D eigenvalue weighted by Crippen LogP contribution is -2.51. The van der Waals surface area contributed by atoms with E-state index in [4.69, 9.17) is 11.6 Å². The van der Waals surface area contributed by atoms with Crippen molar-refractivity contribution >= 4 is 29.2 Å². The van der Waals surface area contributed by atoms with E-state index in [-0.39, 0.29) is 18.5 Å². The first-order valence-corrected chi connectivity index (χ1v) is 8.19. The number of amides is 3. The van der Waals surface area contributed by atoms with Gasteiger partial charge in [-0.3, -0.25) is 19.6 Å². The van der Waals surface area contributed by atoms with Crippen LogP contribution in [0.4, 0.5) is 10.5 Å². The van der Waals surface area contributed by atoms with E-state index < -0.39 is 6.17 Å². The first-order valence-electron chi connectivity index (χ1n) is 7.81. The van der Waals surface area contributed by atoms with Gasteiger partial charge in [0.2, 0.25) is 0 Å². The van der Waals surface area contributed by atoms with Crippen molar-refractivity contribution in [3.8, 4) is 0 Å². The maximum absolute atomic E-state index is 12.8. The highest BCUT2D eigenvalue weighted by atomic mass is 35.5. The van der Waals surface area contributed by atoms with Crippen LogP contribution < -0.4 is 10.3 Å². The lowest BCUT2D eigenvalue weighted by atomic mass is 10.2. The summed E-state index contributed by atoms with van der Waals surface area (Å²) in [6, 6.07) is 16.3. The van der Waals surface area contributed by atoms with Gasteiger partial charge in [0.15, 0.2) is 6.17 Å². The molecule has 2 aliphatic heterocycles. The average Bonchev–Trinajstić information content (AvgIpc) is 2.95. The van der Waals surface area contributed by atoms with Crippen molar-refractivity contribution in [2.45, 2.75) is 12.7 Å². The summed E-state index contributed by atoms with van der Waals surface area (Å²) < 4.78 is 0. The third kappa shape index (κ3) is 2.75. The zero-order valence-electron chi connectivity index (χ0n) is 13.2. The number of halogens is 1. The maximum Gasteiger partial charge on any atom is 0.340 e. The van der Waals surface area contributed by atoms with E-state index in [2.05, 4.69) is 5.43 Å². The summed E-state index contributed by atoms with van der Waals surface area (Å²) in [7, 11) is 0. The number of nitrogens with one attached hydrogen (secondary N) is 1. The number of hydrogen-bond acceptors (Lipinski definition) is 3. The van der Waals surface area contributed by atoms with Gasteiger partial charge in [0.1, 0.15) is 0 Å². The van der Waals surface area contributed by atoms with E-state index in [9.17, 15) is 9.59 Å². The Balaban J connectivity index is 1.56. The van der Waals surface area contributed by atoms with E-state index >= 15 is 0 Å². The fraction of sp³-hybridized carbons (Fsp3) is 0.111. The summed E-state index contributed by atoms with van der Waals surface area (Å²) >= 11 is 6.17. The van der Waals surface area contributed by atoms with Crippen molar-refractivity contribution in [3.63, 3.8) is 0 Å². The normalized spacial score (nSPS) is 19.6. The molecular formula is C18H15ClN4O2. The van der Waals surface area contributed by atoms with Crippen LogP contribution in [0.2, 0.25) is 5.02 Å². The number of hydrazine groups is 1. The molecule has 25 heavy (non-hydrogen) atoms. The highest BCUT2D eigenvalue weighted by molar-refractivity contribution is 6.31. The number of hydrogen-bond donors (Lipinski definition) is 1. The first kappa shape index (κ1) is 15.7. The van der Waals surface area contributed by atoms with Crippen LogP contribution in [0.25, 0.3) is 0 Å². The van der Waals surface area contributed by atoms with Crippen molar-refractivity contribution in [1.82, 2.24) is 15.3 Å². The van der Waals surface area contributed by atoms with Gasteiger partial charge in [0, 0.05) is 23.1 Å². The summed E-state index contributed by atoms with van der Waals surface area (Å²) in [4.78, 5) is 28.3. The highest BCUT2D eigenvalue weighted by Crippen LogP contribution is 2.25. The molecule has 2 heterocycles. The molecule has 1 unspecified atom stereocenters. The molecule has 1 fully saturated rings. The molecule has 3 amide bonds. The SMILES string of the molecule is O=C1C2NN(Cc3ccccc3Cl)C(=O)N2C=CN1c1ccccc1. The Morgan fingerprint density at radius 2 is 1.68 bits per heavy atom. The molecule has 0 aliphatic carbocycles. The van der Waals surface area contributed by atoms with Crippen LogP contribution in [0, 0.1) is 0 Å². The van der Waals surface area contributed by atoms with E-state index in [0.717, 1.165) is 11.3 Å². The van der Waals surface area contributed by atoms with E-state index in [1.165, 1.54) is 14.8 Å². The van der Waals surface area contributed by atoms with Gasteiger partial charge >= 0.3 is 6.03 Å². The van der Waals surface area contributed by atoms with Crippen molar-refractivity contribution in [2.75, 3.05) is 4.90 Å². The summed E-state index contributed by atoms with van der Waals surface area (Å²) in [6.45, 7) is 0.276. The number of carbonyl (C=O) groups is 2. The number of para-hydroxylation sites is 1. The topological polar surface area (TPSA) is 55.9 Å². The molecule has 0 saturated carbocycles. The minimum atomic E-state index is -0.764. The maximum atomic E-state index is 12.8. The molecule has 6 nitrogen and oxygen atoms in total. The summed E-state index contributed by atoms with van der Waals surface area (Å²) in [6.07, 6.45) is 2.45. The van der Waals surface area contributed by atoms with Gasteiger partial charge in [0.25, 0.3) is 5.91 Å². The second-order valence-electron chi connectivity index (χ2n) is 5.74. The molecule has 1 atom stereocenters. The standard InChI is InChI=1S/C18H15ClN4O2/c19-15-9-5-4-6-13(15)12-23-18(25)22-11-10-21(17(24)16(22)20-23)14-7-2-1-3-8-14/h1-11,16,20H,12H2. The molecule has 0 spiro atoms. The number of urea groups is 1. The number of rotatable bonds is 3. The van der Waals surface area contributed by atoms with Crippen LogP contribution in [-0.4, -0.2) is 28.0 Å². The van der Waals surface area contributed by atoms with Gasteiger partial charge < -0.3 is 0 Å². The van der Waals surface area contributed by atoms with Gasteiger partial charge in [0.05, 0.1) is 6.54 Å². The number of anilines is 1. The monoisotopic (exact) mass is 354 g/mol. The van der Waals surface area contributed by atoms with E-state index in [1.54, 1.807) is 18.5 Å². The minimum absolute atomic E-state index is 0.219. The van der Waals surface area contributed by atoms with E-state index in [0.29, 0.717) is 5.02 Å². The predicted molar refractivity (Wildman–Crippen MR) is 94.2 cm³/mol. The van der Waals surface area contributed by atoms with Gasteiger partial charge in [-0.2, -0.15) is 5.43 Å². The summed E-state index contributed by atoms with van der Waals surface area (Å²) in [5.41, 5.74) is 4.54. The van der Waals surface area contributed by atoms with Gasteiger partial charge in [-0.1, -0.05) is 48.0 Å². The molecule has 7 heteroatoms. The van der Waals surface area contributed by atoms with Crippen molar-refractivity contribution in [3.05, 3.63) is 77.6 Å². The molecule has 2 aromatic carbocycles. The Bertz CT molecular complexity index is 855. The molecule has 1 N–H and O–H groups in total. The molecule has 0 aromatic heterocycles. The lowest BCUT2D eigenvalue weighted by molar-refractivity contribution is -0.122. The minimum Gasteiger partial charge on any atom is -0.283 e. The Kier molecular flexibility index (Phi) is 3.91. The van der Waals surface area contributed by atoms with Crippen molar-refractivity contribution in [1.29, 1.82) is 0 Å². The lowest BCUT2D eigenvalue weighted by Gasteiger charge is -2.29. The first-order chi connectivity index (χ1) is 12.1. The predicted octanol–water partition coefficient (Wildman–Crippen LogP) is 2.93. The number of fused-ring (bicyclic) bond motifs is 1. The Labute approximate surface area is 149 Å². The van der Waals surface area contributed by atoms with Gasteiger partial charge in [-0.15, -0.1) is 0 Å². The average molecular weight is 355 g/mol. The number of carbonyl (C=O) groups excluding carboxylic acids is 2. The fourth-order valence-electron chi connectivity index (χ4n) is 2.89. The Morgan fingerprint density at radius 1 is 0.960 bits per heavy atom. The van der Waals surface area contributed by atoms with Crippen LogP contribution in [0.15, 0.2) is 67.0 Å². The van der Waals surface area contributed by atoms with Crippen molar-refractivity contribution < 1.29 is 9.59 Å². The second kappa shape index (κ2) is 6.23. The largest absolute Gasteiger partial charge is 0.340 e. The third-order valence-corrected chi connectivity index (χ3v) is 4.55. The zero-order chi connectivity index (χ0) is 17.4. The number of benzene rings is 2. The molecule has 2 aromatic rings. The van der Waals surface area contributed by atoms with Crippen LogP contribution in [-0.2, 0) is 11.3 Å². The quantitative estimate of drug-likeness (QED) is 0.922. The molecule has 0 radical (unpaired) electrons. The molecule has 126 valence electrons. The molecule has 2 aliphatic rings. The summed E-state index contributed by atoms with van der Waals surface area (Å²) in [5, 5.41) is 1.98. The van der Waals surface area contributed by atoms with Gasteiger partial charge in [-0.25, -0.2) is 4.79 Å². The molecule has 1 saturated heterocycles. The van der Waals surface area contributed by atoms with Gasteiger partial charge in [-0.05, 0) is 23.8 Å². The summed E-state index contributed by atoms with van der Waals surface area (Å²) in [5.74, 6) is -0.219. The second-order valence-corrected chi connectivity index (χ2v) is 6.15. The zero-order valence-corrected chi connectivity index (χ0v) is 13.9. The molecule has 4 rings (SSSR count). The fourth-order valence-corrected chi connectivity index (χ4v) is 3.09. The molecule has 0 bridgehead atoms. The van der Waals surface area contributed by atoms with Crippen LogP contribution in [0.5, 0.6) is 0 Å². The Hall–Kier alpha value is -2.83. The highest BCUT2D eigenvalue weighted by Gasteiger charge is 2.44.